The summed E-state index contributed by atoms with van der Waals surface area (Å²) >= 11 is 0. The summed E-state index contributed by atoms with van der Waals surface area (Å²) in [5.41, 5.74) is -0.686. The van der Waals surface area contributed by atoms with Crippen molar-refractivity contribution in [1.82, 2.24) is 10.6 Å². The first-order chi connectivity index (χ1) is 8.45. The van der Waals surface area contributed by atoms with Crippen LogP contribution in [0.5, 0.6) is 0 Å². The Kier molecular flexibility index (Phi) is 4.73. The van der Waals surface area contributed by atoms with Crippen molar-refractivity contribution < 1.29 is 14.1 Å². The minimum Gasteiger partial charge on any atom is -0.350 e. The highest BCUT2D eigenvalue weighted by atomic mass is 19.1. The number of nitro groups is 1. The number of halogens is 1. The van der Waals surface area contributed by atoms with Gasteiger partial charge in [0.05, 0.1) is 4.92 Å². The molecule has 7 heteroatoms. The molecule has 98 valence electrons. The minimum absolute atomic E-state index is 0.0153. The zero-order chi connectivity index (χ0) is 13.7. The zero-order valence-electron chi connectivity index (χ0n) is 10.1. The molecule has 0 saturated heterocycles. The number of nitrogens with zero attached hydrogens (tertiary/aromatic N) is 1. The number of likely N-dealkylation sites (N-methyl/N-ethyl adjacent to an activating group) is 1. The van der Waals surface area contributed by atoms with Gasteiger partial charge in [0.25, 0.3) is 11.6 Å². The highest BCUT2D eigenvalue weighted by molar-refractivity contribution is 5.98. The van der Waals surface area contributed by atoms with Crippen LogP contribution in [0.2, 0.25) is 0 Å². The second-order valence-electron chi connectivity index (χ2n) is 3.82. The molecule has 1 aromatic carbocycles. The van der Waals surface area contributed by atoms with Gasteiger partial charge in [-0.3, -0.25) is 14.9 Å². The van der Waals surface area contributed by atoms with Crippen molar-refractivity contribution in [3.8, 4) is 0 Å². The lowest BCUT2D eigenvalue weighted by Gasteiger charge is -2.11. The molecule has 0 spiro atoms. The molecule has 0 radical (unpaired) electrons. The lowest BCUT2D eigenvalue weighted by Crippen LogP contribution is -2.37. The number of carbonyl (C=O) groups excluding carboxylic acids is 1. The number of benzene rings is 1. The summed E-state index contributed by atoms with van der Waals surface area (Å²) in [4.78, 5) is 21.7. The maximum Gasteiger partial charge on any atom is 0.282 e. The van der Waals surface area contributed by atoms with Gasteiger partial charge in [-0.2, -0.15) is 0 Å². The molecule has 0 fully saturated rings. The number of hydrogen-bond acceptors (Lipinski definition) is 4. The van der Waals surface area contributed by atoms with Gasteiger partial charge in [0.15, 0.2) is 0 Å². The van der Waals surface area contributed by atoms with Gasteiger partial charge in [-0.1, -0.05) is 0 Å². The Labute approximate surface area is 103 Å². The van der Waals surface area contributed by atoms with E-state index in [1.165, 1.54) is 0 Å². The molecule has 1 amide bonds. The van der Waals surface area contributed by atoms with Crippen LogP contribution in [0.25, 0.3) is 0 Å². The monoisotopic (exact) mass is 255 g/mol. The van der Waals surface area contributed by atoms with Gasteiger partial charge in [0.1, 0.15) is 11.4 Å². The van der Waals surface area contributed by atoms with E-state index in [2.05, 4.69) is 10.6 Å². The van der Waals surface area contributed by atoms with E-state index in [1.807, 2.05) is 6.92 Å². The molecule has 0 bridgehead atoms. The third-order valence-corrected chi connectivity index (χ3v) is 2.46. The molecule has 0 heterocycles. The Morgan fingerprint density at radius 3 is 2.78 bits per heavy atom. The van der Waals surface area contributed by atoms with Crippen molar-refractivity contribution in [3.05, 3.63) is 39.7 Å². The third-order valence-electron chi connectivity index (χ3n) is 2.46. The lowest BCUT2D eigenvalue weighted by atomic mass is 10.1. The predicted molar refractivity (Wildman–Crippen MR) is 63.9 cm³/mol. The molecule has 1 rings (SSSR count). The van der Waals surface area contributed by atoms with Crippen molar-refractivity contribution in [1.29, 1.82) is 0 Å². The van der Waals surface area contributed by atoms with Crippen LogP contribution in [0.4, 0.5) is 10.1 Å². The molecule has 1 aromatic rings. The normalized spacial score (nSPS) is 11.9. The number of rotatable bonds is 5. The van der Waals surface area contributed by atoms with E-state index >= 15 is 0 Å². The molecule has 6 nitrogen and oxygen atoms in total. The molecule has 2 N–H and O–H groups in total. The highest BCUT2D eigenvalue weighted by Crippen LogP contribution is 2.19. The summed E-state index contributed by atoms with van der Waals surface area (Å²) in [6.45, 7) is 2.13. The molecule has 0 aliphatic heterocycles. The Bertz CT molecular complexity index is 465. The van der Waals surface area contributed by atoms with Crippen LogP contribution in [0.3, 0.4) is 0 Å². The second kappa shape index (κ2) is 6.06. The number of amides is 1. The van der Waals surface area contributed by atoms with Crippen molar-refractivity contribution in [2.45, 2.75) is 13.0 Å². The van der Waals surface area contributed by atoms with Crippen LogP contribution in [-0.2, 0) is 0 Å². The quantitative estimate of drug-likeness (QED) is 0.609. The van der Waals surface area contributed by atoms with E-state index in [0.717, 1.165) is 18.2 Å². The standard InChI is InChI=1S/C11H14FN3O3/c1-7(13-2)6-14-11(16)9-5-8(12)3-4-10(9)15(17)18/h3-5,7,13H,6H2,1-2H3,(H,14,16). The number of carbonyl (C=O) groups is 1. The van der Waals surface area contributed by atoms with Gasteiger partial charge < -0.3 is 10.6 Å². The molecular formula is C11H14FN3O3. The molecule has 1 atom stereocenters. The van der Waals surface area contributed by atoms with Crippen molar-refractivity contribution in [3.63, 3.8) is 0 Å². The fraction of sp³-hybridized carbons (Fsp3) is 0.364. The molecule has 1 unspecified atom stereocenters. The Hall–Kier alpha value is -2.02. The summed E-state index contributed by atoms with van der Waals surface area (Å²) in [5, 5.41) is 16.1. The number of hydrogen-bond donors (Lipinski definition) is 2. The van der Waals surface area contributed by atoms with E-state index in [9.17, 15) is 19.3 Å². The number of nitrogens with one attached hydrogen (secondary N) is 2. The van der Waals surface area contributed by atoms with Gasteiger partial charge in [-0.25, -0.2) is 4.39 Å². The smallest absolute Gasteiger partial charge is 0.282 e. The molecule has 18 heavy (non-hydrogen) atoms. The Morgan fingerprint density at radius 2 is 2.22 bits per heavy atom. The van der Waals surface area contributed by atoms with Crippen LogP contribution in [-0.4, -0.2) is 30.5 Å². The van der Waals surface area contributed by atoms with E-state index in [-0.39, 0.29) is 11.6 Å². The van der Waals surface area contributed by atoms with E-state index < -0.39 is 22.3 Å². The van der Waals surface area contributed by atoms with Gasteiger partial charge in [-0.05, 0) is 26.1 Å². The van der Waals surface area contributed by atoms with Crippen molar-refractivity contribution >= 4 is 11.6 Å². The van der Waals surface area contributed by atoms with E-state index in [4.69, 9.17) is 0 Å². The molecule has 0 aliphatic carbocycles. The molecule has 0 aromatic heterocycles. The summed E-state index contributed by atoms with van der Waals surface area (Å²) in [6.07, 6.45) is 0. The third kappa shape index (κ3) is 3.49. The SMILES string of the molecule is CNC(C)CNC(=O)c1cc(F)ccc1[N+](=O)[O-]. The summed E-state index contributed by atoms with van der Waals surface area (Å²) in [5.74, 6) is -1.35. The van der Waals surface area contributed by atoms with Crippen LogP contribution in [0.1, 0.15) is 17.3 Å². The first-order valence-electron chi connectivity index (χ1n) is 5.35. The fourth-order valence-corrected chi connectivity index (χ4v) is 1.29. The predicted octanol–water partition coefficient (Wildman–Crippen LogP) is 1.07. The summed E-state index contributed by atoms with van der Waals surface area (Å²) in [6, 6.07) is 2.80. The topological polar surface area (TPSA) is 84.3 Å². The van der Waals surface area contributed by atoms with Gasteiger partial charge in [-0.15, -0.1) is 0 Å². The molecule has 0 saturated carbocycles. The molecular weight excluding hydrogens is 241 g/mol. The summed E-state index contributed by atoms with van der Waals surface area (Å²) in [7, 11) is 1.72. The summed E-state index contributed by atoms with van der Waals surface area (Å²) < 4.78 is 13.0. The van der Waals surface area contributed by atoms with Crippen LogP contribution >= 0.6 is 0 Å². The van der Waals surface area contributed by atoms with Crippen molar-refractivity contribution in [2.75, 3.05) is 13.6 Å². The highest BCUT2D eigenvalue weighted by Gasteiger charge is 2.20. The first-order valence-corrected chi connectivity index (χ1v) is 5.35. The fourth-order valence-electron chi connectivity index (χ4n) is 1.29. The van der Waals surface area contributed by atoms with E-state index in [1.54, 1.807) is 7.05 Å². The molecule has 0 aliphatic rings. The maximum absolute atomic E-state index is 13.0. The second-order valence-corrected chi connectivity index (χ2v) is 3.82. The van der Waals surface area contributed by atoms with Gasteiger partial charge in [0, 0.05) is 18.7 Å². The Morgan fingerprint density at radius 1 is 1.56 bits per heavy atom. The van der Waals surface area contributed by atoms with Crippen LogP contribution < -0.4 is 10.6 Å². The lowest BCUT2D eigenvalue weighted by molar-refractivity contribution is -0.385. The van der Waals surface area contributed by atoms with Crippen LogP contribution in [0.15, 0.2) is 18.2 Å². The average Bonchev–Trinajstić information content (AvgIpc) is 2.34. The largest absolute Gasteiger partial charge is 0.350 e. The number of nitro benzene ring substituents is 1. The average molecular weight is 255 g/mol. The van der Waals surface area contributed by atoms with Gasteiger partial charge in [0.2, 0.25) is 0 Å². The first kappa shape index (κ1) is 14.0. The van der Waals surface area contributed by atoms with Crippen LogP contribution in [0, 0.1) is 15.9 Å². The van der Waals surface area contributed by atoms with Gasteiger partial charge >= 0.3 is 0 Å². The maximum atomic E-state index is 13.0. The Balaban J connectivity index is 2.90. The zero-order valence-corrected chi connectivity index (χ0v) is 10.1. The van der Waals surface area contributed by atoms with Crippen molar-refractivity contribution in [2.24, 2.45) is 0 Å². The van der Waals surface area contributed by atoms with E-state index in [0.29, 0.717) is 6.54 Å². The minimum atomic E-state index is -0.712.